The van der Waals surface area contributed by atoms with E-state index in [1.54, 1.807) is 38.1 Å². The highest BCUT2D eigenvalue weighted by atomic mass is 35.5. The van der Waals surface area contributed by atoms with Gasteiger partial charge in [0.25, 0.3) is 11.8 Å². The lowest BCUT2D eigenvalue weighted by Crippen LogP contribution is -2.58. The summed E-state index contributed by atoms with van der Waals surface area (Å²) in [6, 6.07) is 12.6. The molecule has 0 saturated heterocycles. The molecule has 0 spiro atoms. The van der Waals surface area contributed by atoms with Crippen molar-refractivity contribution in [2.45, 2.75) is 90.3 Å². The molecule has 0 radical (unpaired) electrons. The van der Waals surface area contributed by atoms with Crippen molar-refractivity contribution in [2.75, 3.05) is 6.54 Å². The zero-order valence-corrected chi connectivity index (χ0v) is 28.7. The fraction of sp³-hybridized carbons (Fsp3) is 0.500. The Morgan fingerprint density at radius 3 is 2.00 bits per heavy atom. The predicted octanol–water partition coefficient (Wildman–Crippen LogP) is 1.60. The van der Waals surface area contributed by atoms with Crippen molar-refractivity contribution < 1.29 is 38.9 Å². The summed E-state index contributed by atoms with van der Waals surface area (Å²) in [5.41, 5.74) is 7.00. The monoisotopic (exact) mass is 689 g/mol. The molecular formula is C34H48ClN5O8. The SMILES string of the molecule is CC(C)CC(NC(=O)C(C)NC(=O)C(O)C(O)C(Cc1ccc(Cl)cc1)NC(=O)C(OC(=O)NCCc1ccccc1)C(C)C)C(N)=O. The molecule has 2 aromatic carbocycles. The van der Waals surface area contributed by atoms with Gasteiger partial charge in [-0.3, -0.25) is 19.2 Å². The van der Waals surface area contributed by atoms with E-state index in [2.05, 4.69) is 21.3 Å². The van der Waals surface area contributed by atoms with E-state index in [4.69, 9.17) is 22.1 Å². The number of benzene rings is 2. The maximum atomic E-state index is 13.4. The number of carbonyl (C=O) groups excluding carboxylic acids is 5. The Labute approximate surface area is 286 Å². The van der Waals surface area contributed by atoms with E-state index >= 15 is 0 Å². The maximum Gasteiger partial charge on any atom is 0.407 e. The molecule has 2 rings (SSSR count). The molecule has 13 nitrogen and oxygen atoms in total. The van der Waals surface area contributed by atoms with Crippen LogP contribution in [0.15, 0.2) is 54.6 Å². The number of amides is 5. The summed E-state index contributed by atoms with van der Waals surface area (Å²) in [5, 5.41) is 32.5. The van der Waals surface area contributed by atoms with Crippen LogP contribution in [0.2, 0.25) is 5.02 Å². The van der Waals surface area contributed by atoms with Gasteiger partial charge in [0, 0.05) is 11.6 Å². The van der Waals surface area contributed by atoms with Gasteiger partial charge in [0.1, 0.15) is 18.2 Å². The second-order valence-electron chi connectivity index (χ2n) is 12.4. The molecule has 0 aromatic heterocycles. The predicted molar refractivity (Wildman–Crippen MR) is 181 cm³/mol. The minimum absolute atomic E-state index is 0.0476. The number of carbonyl (C=O) groups is 5. The summed E-state index contributed by atoms with van der Waals surface area (Å²) in [6.07, 6.45) is -5.27. The molecule has 264 valence electrons. The van der Waals surface area contributed by atoms with Gasteiger partial charge >= 0.3 is 6.09 Å². The molecule has 0 bridgehead atoms. The van der Waals surface area contributed by atoms with Gasteiger partial charge in [0.05, 0.1) is 6.04 Å². The van der Waals surface area contributed by atoms with Gasteiger partial charge in [-0.2, -0.15) is 0 Å². The van der Waals surface area contributed by atoms with Crippen LogP contribution < -0.4 is 27.0 Å². The molecule has 8 N–H and O–H groups in total. The first kappa shape index (κ1) is 40.0. The standard InChI is InChI=1S/C34H48ClN5O8/c1-19(2)17-26(30(36)43)40-31(44)21(5)38-32(45)28(42)27(41)25(18-23-11-13-24(35)14-12-23)39-33(46)29(20(3)4)48-34(47)37-16-15-22-9-7-6-8-10-22/h6-14,19-21,25-29,41-42H,15-18H2,1-5H3,(H2,36,43)(H,37,47)(H,38,45)(H,39,46)(H,40,44). The lowest BCUT2D eigenvalue weighted by molar-refractivity contribution is -0.142. The molecule has 5 amide bonds. The zero-order chi connectivity index (χ0) is 36.0. The fourth-order valence-electron chi connectivity index (χ4n) is 4.75. The van der Waals surface area contributed by atoms with Gasteiger partial charge in [-0.1, -0.05) is 81.8 Å². The van der Waals surface area contributed by atoms with Gasteiger partial charge in [-0.15, -0.1) is 0 Å². The van der Waals surface area contributed by atoms with Crippen LogP contribution in [0.1, 0.15) is 52.2 Å². The van der Waals surface area contributed by atoms with Crippen LogP contribution in [0.25, 0.3) is 0 Å². The smallest absolute Gasteiger partial charge is 0.407 e. The van der Waals surface area contributed by atoms with E-state index in [1.165, 1.54) is 6.92 Å². The van der Waals surface area contributed by atoms with Crippen LogP contribution >= 0.6 is 11.6 Å². The highest BCUT2D eigenvalue weighted by molar-refractivity contribution is 6.30. The van der Waals surface area contributed by atoms with Crippen molar-refractivity contribution in [3.05, 3.63) is 70.7 Å². The Hall–Kier alpha value is -4.20. The largest absolute Gasteiger partial charge is 0.436 e. The molecular weight excluding hydrogens is 642 g/mol. The number of primary amides is 1. The average molecular weight is 690 g/mol. The summed E-state index contributed by atoms with van der Waals surface area (Å²) in [4.78, 5) is 63.5. The number of nitrogens with two attached hydrogens (primary N) is 1. The van der Waals surface area contributed by atoms with Crippen LogP contribution in [0, 0.1) is 11.8 Å². The van der Waals surface area contributed by atoms with Gasteiger partial charge < -0.3 is 42.0 Å². The number of aliphatic hydroxyl groups excluding tert-OH is 2. The second kappa shape index (κ2) is 19.6. The third-order valence-electron chi connectivity index (χ3n) is 7.44. The third-order valence-corrected chi connectivity index (χ3v) is 7.70. The Morgan fingerprint density at radius 2 is 1.44 bits per heavy atom. The minimum atomic E-state index is -2.10. The van der Waals surface area contributed by atoms with E-state index < -0.39 is 72.1 Å². The molecule has 48 heavy (non-hydrogen) atoms. The topological polar surface area (TPSA) is 209 Å². The maximum absolute atomic E-state index is 13.4. The lowest BCUT2D eigenvalue weighted by Gasteiger charge is -2.30. The van der Waals surface area contributed by atoms with E-state index in [9.17, 15) is 34.2 Å². The number of hydrogen-bond donors (Lipinski definition) is 7. The van der Waals surface area contributed by atoms with Crippen molar-refractivity contribution in [3.8, 4) is 0 Å². The first-order valence-corrected chi connectivity index (χ1v) is 16.3. The fourth-order valence-corrected chi connectivity index (χ4v) is 4.88. The first-order valence-electron chi connectivity index (χ1n) is 15.9. The van der Waals surface area contributed by atoms with Crippen LogP contribution in [0.3, 0.4) is 0 Å². The van der Waals surface area contributed by atoms with Crippen molar-refractivity contribution in [1.29, 1.82) is 0 Å². The van der Waals surface area contributed by atoms with Crippen molar-refractivity contribution in [1.82, 2.24) is 21.3 Å². The highest BCUT2D eigenvalue weighted by Gasteiger charge is 2.36. The van der Waals surface area contributed by atoms with Crippen molar-refractivity contribution in [2.24, 2.45) is 17.6 Å². The van der Waals surface area contributed by atoms with Crippen molar-refractivity contribution in [3.63, 3.8) is 0 Å². The summed E-state index contributed by atoms with van der Waals surface area (Å²) in [7, 11) is 0. The molecule has 0 saturated carbocycles. The van der Waals surface area contributed by atoms with Crippen LogP contribution in [0.5, 0.6) is 0 Å². The molecule has 14 heteroatoms. The third kappa shape index (κ3) is 13.5. The normalized spacial score (nSPS) is 15.0. The molecule has 2 aromatic rings. The van der Waals surface area contributed by atoms with Gasteiger partial charge in [0.15, 0.2) is 12.2 Å². The average Bonchev–Trinajstić information content (AvgIpc) is 3.03. The van der Waals surface area contributed by atoms with Gasteiger partial charge in [0.2, 0.25) is 11.8 Å². The number of aliphatic hydroxyl groups is 2. The molecule has 0 aliphatic carbocycles. The van der Waals surface area contributed by atoms with E-state index in [1.807, 2.05) is 44.2 Å². The Kier molecular flexibility index (Phi) is 16.3. The van der Waals surface area contributed by atoms with Gasteiger partial charge in [-0.25, -0.2) is 4.79 Å². The quantitative estimate of drug-likeness (QED) is 0.122. The molecule has 0 heterocycles. The summed E-state index contributed by atoms with van der Waals surface area (Å²) in [6.45, 7) is 8.65. The van der Waals surface area contributed by atoms with Crippen LogP contribution in [-0.2, 0) is 36.8 Å². The number of ether oxygens (including phenoxy) is 1. The number of hydrogen-bond acceptors (Lipinski definition) is 8. The van der Waals surface area contributed by atoms with E-state index in [-0.39, 0.29) is 25.3 Å². The molecule has 6 unspecified atom stereocenters. The molecule has 0 aliphatic rings. The Balaban J connectivity index is 2.14. The molecule has 0 fully saturated rings. The lowest BCUT2D eigenvalue weighted by atomic mass is 9.96. The highest BCUT2D eigenvalue weighted by Crippen LogP contribution is 2.16. The second-order valence-corrected chi connectivity index (χ2v) is 12.9. The van der Waals surface area contributed by atoms with Crippen LogP contribution in [0.4, 0.5) is 4.79 Å². The molecule has 6 atom stereocenters. The van der Waals surface area contributed by atoms with Crippen molar-refractivity contribution >= 4 is 41.3 Å². The number of halogens is 1. The summed E-state index contributed by atoms with van der Waals surface area (Å²) < 4.78 is 5.44. The summed E-state index contributed by atoms with van der Waals surface area (Å²) >= 11 is 6.01. The van der Waals surface area contributed by atoms with E-state index in [0.29, 0.717) is 17.0 Å². The number of rotatable bonds is 18. The van der Waals surface area contributed by atoms with Gasteiger partial charge in [-0.05, 0) is 61.3 Å². The van der Waals surface area contributed by atoms with Crippen LogP contribution in [-0.4, -0.2) is 82.9 Å². The first-order chi connectivity index (χ1) is 22.6. The molecule has 0 aliphatic heterocycles. The Bertz CT molecular complexity index is 1360. The Morgan fingerprint density at radius 1 is 0.812 bits per heavy atom. The number of alkyl carbamates (subject to hydrolysis) is 1. The van der Waals surface area contributed by atoms with E-state index in [0.717, 1.165) is 5.56 Å². The summed E-state index contributed by atoms with van der Waals surface area (Å²) in [5.74, 6) is -3.75. The number of nitrogens with one attached hydrogen (secondary N) is 4. The minimum Gasteiger partial charge on any atom is -0.436 e. The zero-order valence-electron chi connectivity index (χ0n) is 27.9.